The van der Waals surface area contributed by atoms with Gasteiger partial charge in [-0.2, -0.15) is 8.78 Å². The van der Waals surface area contributed by atoms with Crippen LogP contribution in [0.5, 0.6) is 0 Å². The molecule has 0 unspecified atom stereocenters. The van der Waals surface area contributed by atoms with Crippen molar-refractivity contribution in [3.05, 3.63) is 89.1 Å². The van der Waals surface area contributed by atoms with Gasteiger partial charge in [0.1, 0.15) is 5.70 Å². The molecule has 1 N–H and O–H groups in total. The predicted molar refractivity (Wildman–Crippen MR) is 105 cm³/mol. The standard InChI is InChI=1S/C20H13BrClF2NO/c21-20(23,24)19(25-17-9-7-16(22)8-10-17)12-18(26)15-6-5-13-3-1-2-4-14(13)11-15/h1-12,25H/b19-12+. The molecule has 0 aliphatic rings. The number of halogens is 4. The molecule has 2 nitrogen and oxygen atoms in total. The van der Waals surface area contributed by atoms with Crippen LogP contribution in [0.4, 0.5) is 14.5 Å². The van der Waals surface area contributed by atoms with Gasteiger partial charge in [-0.05, 0) is 57.0 Å². The summed E-state index contributed by atoms with van der Waals surface area (Å²) in [6, 6.07) is 18.9. The molecule has 0 spiro atoms. The van der Waals surface area contributed by atoms with E-state index in [1.807, 2.05) is 24.3 Å². The van der Waals surface area contributed by atoms with Gasteiger partial charge in [-0.25, -0.2) is 0 Å². The first-order chi connectivity index (χ1) is 12.3. The van der Waals surface area contributed by atoms with E-state index in [0.29, 0.717) is 16.3 Å². The first kappa shape index (κ1) is 18.5. The third-order valence-electron chi connectivity index (χ3n) is 3.74. The highest BCUT2D eigenvalue weighted by Gasteiger charge is 2.31. The van der Waals surface area contributed by atoms with Gasteiger partial charge in [-0.1, -0.05) is 48.0 Å². The van der Waals surface area contributed by atoms with Crippen LogP contribution in [0.15, 0.2) is 78.5 Å². The van der Waals surface area contributed by atoms with Crippen molar-refractivity contribution in [2.75, 3.05) is 5.32 Å². The van der Waals surface area contributed by atoms with Gasteiger partial charge < -0.3 is 5.32 Å². The molecule has 26 heavy (non-hydrogen) atoms. The van der Waals surface area contributed by atoms with E-state index in [0.717, 1.165) is 16.8 Å². The van der Waals surface area contributed by atoms with Crippen LogP contribution in [0.3, 0.4) is 0 Å². The molecular weight excluding hydrogens is 424 g/mol. The van der Waals surface area contributed by atoms with Gasteiger partial charge in [0, 0.05) is 22.3 Å². The molecule has 3 aromatic rings. The summed E-state index contributed by atoms with van der Waals surface area (Å²) < 4.78 is 27.8. The predicted octanol–water partition coefficient (Wildman–Crippen LogP) is 6.66. The third-order valence-corrected chi connectivity index (χ3v) is 4.42. The lowest BCUT2D eigenvalue weighted by molar-refractivity contribution is 0.103. The van der Waals surface area contributed by atoms with Crippen molar-refractivity contribution >= 4 is 49.8 Å². The number of hydrogen-bond acceptors (Lipinski definition) is 2. The average molecular weight is 437 g/mol. The van der Waals surface area contributed by atoms with E-state index in [2.05, 4.69) is 21.2 Å². The zero-order chi connectivity index (χ0) is 18.7. The molecule has 0 aliphatic carbocycles. The summed E-state index contributed by atoms with van der Waals surface area (Å²) in [5.74, 6) is -0.522. The molecule has 132 valence electrons. The second kappa shape index (κ2) is 7.56. The van der Waals surface area contributed by atoms with Gasteiger partial charge in [-0.3, -0.25) is 4.79 Å². The minimum Gasteiger partial charge on any atom is -0.353 e. The van der Waals surface area contributed by atoms with Crippen molar-refractivity contribution in [1.82, 2.24) is 0 Å². The number of alkyl halides is 3. The number of nitrogens with one attached hydrogen (secondary N) is 1. The Morgan fingerprint density at radius 1 is 1.00 bits per heavy atom. The number of allylic oxidation sites excluding steroid dienone is 2. The monoisotopic (exact) mass is 435 g/mol. The van der Waals surface area contributed by atoms with Gasteiger partial charge in [0.15, 0.2) is 5.78 Å². The van der Waals surface area contributed by atoms with Crippen LogP contribution in [0, 0.1) is 0 Å². The maximum atomic E-state index is 13.9. The number of hydrogen-bond donors (Lipinski definition) is 1. The topological polar surface area (TPSA) is 29.1 Å². The van der Waals surface area contributed by atoms with Crippen LogP contribution in [0.2, 0.25) is 5.02 Å². The fourth-order valence-corrected chi connectivity index (χ4v) is 2.77. The van der Waals surface area contributed by atoms with Crippen LogP contribution in [-0.4, -0.2) is 10.6 Å². The number of carbonyl (C=O) groups is 1. The molecular formula is C20H13BrClF2NO. The van der Waals surface area contributed by atoms with E-state index >= 15 is 0 Å². The number of benzene rings is 3. The molecule has 0 saturated heterocycles. The van der Waals surface area contributed by atoms with E-state index in [-0.39, 0.29) is 0 Å². The Labute approximate surface area is 162 Å². The second-order valence-corrected chi connectivity index (χ2v) is 7.05. The highest BCUT2D eigenvalue weighted by Crippen LogP contribution is 2.32. The highest BCUT2D eigenvalue weighted by molar-refractivity contribution is 9.10. The third kappa shape index (κ3) is 4.48. The van der Waals surface area contributed by atoms with Crippen molar-refractivity contribution in [3.63, 3.8) is 0 Å². The Balaban J connectivity index is 1.92. The van der Waals surface area contributed by atoms with Crippen LogP contribution in [-0.2, 0) is 0 Å². The Morgan fingerprint density at radius 3 is 2.31 bits per heavy atom. The maximum absolute atomic E-state index is 13.9. The molecule has 0 heterocycles. The lowest BCUT2D eigenvalue weighted by atomic mass is 10.0. The Hall–Kier alpha value is -2.24. The van der Waals surface area contributed by atoms with E-state index in [4.69, 9.17) is 11.6 Å². The lowest BCUT2D eigenvalue weighted by Crippen LogP contribution is -2.19. The minimum absolute atomic E-state index is 0.329. The molecule has 3 rings (SSSR count). The van der Waals surface area contributed by atoms with Gasteiger partial charge in [0.25, 0.3) is 0 Å². The van der Waals surface area contributed by atoms with Gasteiger partial charge in [-0.15, -0.1) is 0 Å². The van der Waals surface area contributed by atoms with E-state index in [9.17, 15) is 13.6 Å². The zero-order valence-electron chi connectivity index (χ0n) is 13.3. The fourth-order valence-electron chi connectivity index (χ4n) is 2.43. The summed E-state index contributed by atoms with van der Waals surface area (Å²) in [5, 5.41) is 4.89. The summed E-state index contributed by atoms with van der Waals surface area (Å²) in [7, 11) is 0. The van der Waals surface area contributed by atoms with Crippen LogP contribution < -0.4 is 5.32 Å². The summed E-state index contributed by atoms with van der Waals surface area (Å²) >= 11 is 8.11. The Bertz CT molecular complexity index is 981. The summed E-state index contributed by atoms with van der Waals surface area (Å²) in [6.07, 6.45) is 0.896. The van der Waals surface area contributed by atoms with E-state index in [1.165, 1.54) is 0 Å². The summed E-state index contributed by atoms with van der Waals surface area (Å²) in [6.45, 7) is 0. The molecule has 0 fully saturated rings. The van der Waals surface area contributed by atoms with Crippen LogP contribution in [0.1, 0.15) is 10.4 Å². The molecule has 0 aliphatic heterocycles. The second-order valence-electron chi connectivity index (χ2n) is 5.61. The van der Waals surface area contributed by atoms with Crippen molar-refractivity contribution < 1.29 is 13.6 Å². The van der Waals surface area contributed by atoms with E-state index in [1.54, 1.807) is 42.5 Å². The maximum Gasteiger partial charge on any atom is 0.341 e. The van der Waals surface area contributed by atoms with Gasteiger partial charge >= 0.3 is 4.83 Å². The van der Waals surface area contributed by atoms with Crippen molar-refractivity contribution in [2.24, 2.45) is 0 Å². The van der Waals surface area contributed by atoms with E-state index < -0.39 is 16.3 Å². The molecule has 0 bridgehead atoms. The molecule has 0 atom stereocenters. The Morgan fingerprint density at radius 2 is 1.65 bits per heavy atom. The van der Waals surface area contributed by atoms with Gasteiger partial charge in [0.05, 0.1) is 0 Å². The van der Waals surface area contributed by atoms with Crippen LogP contribution >= 0.6 is 27.5 Å². The molecule has 0 aromatic heterocycles. The molecule has 0 amide bonds. The Kier molecular flexibility index (Phi) is 5.39. The largest absolute Gasteiger partial charge is 0.353 e. The molecule has 3 aromatic carbocycles. The van der Waals surface area contributed by atoms with Crippen molar-refractivity contribution in [3.8, 4) is 0 Å². The average Bonchev–Trinajstić information content (AvgIpc) is 2.61. The normalized spacial score (nSPS) is 12.2. The number of fused-ring (bicyclic) bond motifs is 1. The molecule has 6 heteroatoms. The first-order valence-corrected chi connectivity index (χ1v) is 8.85. The van der Waals surface area contributed by atoms with Crippen LogP contribution in [0.25, 0.3) is 10.8 Å². The number of carbonyl (C=O) groups excluding carboxylic acids is 1. The smallest absolute Gasteiger partial charge is 0.341 e. The number of ketones is 1. The first-order valence-electron chi connectivity index (χ1n) is 7.67. The molecule has 0 radical (unpaired) electrons. The molecule has 0 saturated carbocycles. The summed E-state index contributed by atoms with van der Waals surface area (Å²) in [5.41, 5.74) is 0.167. The quantitative estimate of drug-likeness (QED) is 0.275. The fraction of sp³-hybridized carbons (Fsp3) is 0.0500. The highest BCUT2D eigenvalue weighted by atomic mass is 79.9. The lowest BCUT2D eigenvalue weighted by Gasteiger charge is -2.16. The summed E-state index contributed by atoms with van der Waals surface area (Å²) in [4.78, 5) is 9.11. The van der Waals surface area contributed by atoms with Gasteiger partial charge in [0.2, 0.25) is 0 Å². The number of anilines is 1. The zero-order valence-corrected chi connectivity index (χ0v) is 15.7. The SMILES string of the molecule is O=C(/C=C(/Nc1ccc(Cl)cc1)C(F)(F)Br)c1ccc2ccccc2c1. The van der Waals surface area contributed by atoms with Crippen molar-refractivity contribution in [1.29, 1.82) is 0 Å². The minimum atomic E-state index is -3.39. The number of rotatable bonds is 5. The van der Waals surface area contributed by atoms with Crippen molar-refractivity contribution in [2.45, 2.75) is 4.83 Å².